The first kappa shape index (κ1) is 13.3. The fourth-order valence-electron chi connectivity index (χ4n) is 3.58. The van der Waals surface area contributed by atoms with Gasteiger partial charge in [0.05, 0.1) is 24.9 Å². The molecule has 0 amide bonds. The van der Waals surface area contributed by atoms with Crippen molar-refractivity contribution in [2.45, 2.75) is 44.4 Å². The maximum absolute atomic E-state index is 6.19. The lowest BCUT2D eigenvalue weighted by Gasteiger charge is -2.33. The van der Waals surface area contributed by atoms with E-state index in [4.69, 9.17) is 14.2 Å². The molecule has 1 aromatic heterocycles. The SMILES string of the molecule is CCc1ccnc2c1OCC1CC(OC3CCOC3)CN21. The summed E-state index contributed by atoms with van der Waals surface area (Å²) in [4.78, 5) is 6.93. The molecule has 0 spiro atoms. The molecule has 3 atom stereocenters. The summed E-state index contributed by atoms with van der Waals surface area (Å²) in [6.45, 7) is 5.38. The number of hydrogen-bond acceptors (Lipinski definition) is 5. The molecule has 4 rings (SSSR count). The van der Waals surface area contributed by atoms with E-state index in [0.717, 1.165) is 57.2 Å². The van der Waals surface area contributed by atoms with E-state index in [1.54, 1.807) is 0 Å². The minimum Gasteiger partial charge on any atom is -0.487 e. The summed E-state index contributed by atoms with van der Waals surface area (Å²) in [5.74, 6) is 1.97. The number of aryl methyl sites for hydroxylation is 1. The Labute approximate surface area is 125 Å². The van der Waals surface area contributed by atoms with Gasteiger partial charge < -0.3 is 19.1 Å². The molecular formula is C16H22N2O3. The van der Waals surface area contributed by atoms with E-state index in [1.165, 1.54) is 5.56 Å². The van der Waals surface area contributed by atoms with Crippen LogP contribution in [0.25, 0.3) is 0 Å². The number of anilines is 1. The molecule has 5 heteroatoms. The van der Waals surface area contributed by atoms with Crippen LogP contribution in [0.4, 0.5) is 5.82 Å². The van der Waals surface area contributed by atoms with Crippen LogP contribution < -0.4 is 9.64 Å². The Morgan fingerprint density at radius 2 is 2.33 bits per heavy atom. The molecule has 4 heterocycles. The number of nitrogens with zero attached hydrogens (tertiary/aromatic N) is 2. The monoisotopic (exact) mass is 290 g/mol. The van der Waals surface area contributed by atoms with E-state index < -0.39 is 0 Å². The zero-order chi connectivity index (χ0) is 14.2. The van der Waals surface area contributed by atoms with Gasteiger partial charge in [-0.05, 0) is 30.9 Å². The predicted octanol–water partition coefficient (Wildman–Crippen LogP) is 1.79. The van der Waals surface area contributed by atoms with Gasteiger partial charge in [-0.1, -0.05) is 6.92 Å². The highest BCUT2D eigenvalue weighted by Crippen LogP contribution is 2.39. The Kier molecular flexibility index (Phi) is 3.47. The number of fused-ring (bicyclic) bond motifs is 3. The molecule has 0 aromatic carbocycles. The van der Waals surface area contributed by atoms with Crippen molar-refractivity contribution in [3.63, 3.8) is 0 Å². The summed E-state index contributed by atoms with van der Waals surface area (Å²) >= 11 is 0. The molecule has 3 aliphatic heterocycles. The van der Waals surface area contributed by atoms with Gasteiger partial charge in [-0.2, -0.15) is 0 Å². The fourth-order valence-corrected chi connectivity index (χ4v) is 3.58. The van der Waals surface area contributed by atoms with Crippen LogP contribution in [0.5, 0.6) is 5.75 Å². The number of ether oxygens (including phenoxy) is 3. The molecule has 3 unspecified atom stereocenters. The topological polar surface area (TPSA) is 43.8 Å². The van der Waals surface area contributed by atoms with Crippen LogP contribution in [0.2, 0.25) is 0 Å². The molecule has 0 radical (unpaired) electrons. The Morgan fingerprint density at radius 1 is 1.38 bits per heavy atom. The Morgan fingerprint density at radius 3 is 3.14 bits per heavy atom. The highest BCUT2D eigenvalue weighted by molar-refractivity contribution is 5.59. The van der Waals surface area contributed by atoms with Crippen LogP contribution in [0.15, 0.2) is 12.3 Å². The lowest BCUT2D eigenvalue weighted by molar-refractivity contribution is -0.00631. The van der Waals surface area contributed by atoms with Crippen LogP contribution in [0.3, 0.4) is 0 Å². The van der Waals surface area contributed by atoms with Gasteiger partial charge in [0, 0.05) is 19.3 Å². The first-order chi connectivity index (χ1) is 10.3. The molecule has 0 bridgehead atoms. The van der Waals surface area contributed by atoms with Gasteiger partial charge in [0.2, 0.25) is 0 Å². The van der Waals surface area contributed by atoms with E-state index in [1.807, 2.05) is 6.20 Å². The minimum atomic E-state index is 0.267. The highest BCUT2D eigenvalue weighted by atomic mass is 16.6. The van der Waals surface area contributed by atoms with Crippen LogP contribution in [-0.2, 0) is 15.9 Å². The molecule has 21 heavy (non-hydrogen) atoms. The Hall–Kier alpha value is -1.33. The average Bonchev–Trinajstić information content (AvgIpc) is 3.15. The van der Waals surface area contributed by atoms with Crippen LogP contribution in [-0.4, -0.2) is 49.6 Å². The lowest BCUT2D eigenvalue weighted by atomic mass is 10.1. The van der Waals surface area contributed by atoms with E-state index in [9.17, 15) is 0 Å². The molecule has 0 saturated carbocycles. The molecule has 2 fully saturated rings. The highest BCUT2D eigenvalue weighted by Gasteiger charge is 2.40. The smallest absolute Gasteiger partial charge is 0.172 e. The van der Waals surface area contributed by atoms with Crippen molar-refractivity contribution < 1.29 is 14.2 Å². The molecule has 3 aliphatic rings. The molecular weight excluding hydrogens is 268 g/mol. The van der Waals surface area contributed by atoms with Crippen molar-refractivity contribution in [2.24, 2.45) is 0 Å². The number of rotatable bonds is 3. The minimum absolute atomic E-state index is 0.267. The Bertz CT molecular complexity index is 516. The van der Waals surface area contributed by atoms with Crippen LogP contribution >= 0.6 is 0 Å². The van der Waals surface area contributed by atoms with Crippen molar-refractivity contribution in [1.82, 2.24) is 4.98 Å². The van der Waals surface area contributed by atoms with Gasteiger partial charge in [0.25, 0.3) is 0 Å². The summed E-state index contributed by atoms with van der Waals surface area (Å²) in [6, 6.07) is 2.45. The Balaban J connectivity index is 1.52. The molecule has 0 N–H and O–H groups in total. The van der Waals surface area contributed by atoms with Crippen LogP contribution in [0, 0.1) is 0 Å². The molecule has 5 nitrogen and oxygen atoms in total. The number of hydrogen-bond donors (Lipinski definition) is 0. The maximum Gasteiger partial charge on any atom is 0.172 e. The second kappa shape index (κ2) is 5.46. The maximum atomic E-state index is 6.19. The van der Waals surface area contributed by atoms with Gasteiger partial charge in [-0.15, -0.1) is 0 Å². The zero-order valence-corrected chi connectivity index (χ0v) is 12.5. The van der Waals surface area contributed by atoms with Crippen LogP contribution in [0.1, 0.15) is 25.3 Å². The number of pyridine rings is 1. The van der Waals surface area contributed by atoms with E-state index in [2.05, 4.69) is 22.9 Å². The third-order valence-corrected chi connectivity index (χ3v) is 4.69. The third-order valence-electron chi connectivity index (χ3n) is 4.69. The largest absolute Gasteiger partial charge is 0.487 e. The summed E-state index contributed by atoms with van der Waals surface area (Å²) in [7, 11) is 0. The summed E-state index contributed by atoms with van der Waals surface area (Å²) in [5.41, 5.74) is 1.24. The quantitative estimate of drug-likeness (QED) is 0.849. The molecule has 114 valence electrons. The van der Waals surface area contributed by atoms with Crippen molar-refractivity contribution in [1.29, 1.82) is 0 Å². The average molecular weight is 290 g/mol. The van der Waals surface area contributed by atoms with Gasteiger partial charge in [-0.25, -0.2) is 4.98 Å². The standard InChI is InChI=1S/C16H22N2O3/c1-2-11-3-5-17-16-15(11)20-9-12-7-14(8-18(12)16)21-13-4-6-19-10-13/h3,5,12-14H,2,4,6-10H2,1H3. The van der Waals surface area contributed by atoms with Crippen molar-refractivity contribution in [3.05, 3.63) is 17.8 Å². The van der Waals surface area contributed by atoms with Gasteiger partial charge in [0.1, 0.15) is 6.61 Å². The van der Waals surface area contributed by atoms with Gasteiger partial charge in [0.15, 0.2) is 11.6 Å². The first-order valence-corrected chi connectivity index (χ1v) is 7.95. The second-order valence-electron chi connectivity index (χ2n) is 6.07. The van der Waals surface area contributed by atoms with Crippen molar-refractivity contribution >= 4 is 5.82 Å². The van der Waals surface area contributed by atoms with E-state index >= 15 is 0 Å². The van der Waals surface area contributed by atoms with E-state index in [-0.39, 0.29) is 12.2 Å². The molecule has 0 aliphatic carbocycles. The second-order valence-corrected chi connectivity index (χ2v) is 6.07. The van der Waals surface area contributed by atoms with Gasteiger partial charge in [-0.3, -0.25) is 0 Å². The predicted molar refractivity (Wildman–Crippen MR) is 79.0 cm³/mol. The summed E-state index contributed by atoms with van der Waals surface area (Å²) in [6.07, 6.45) is 5.45. The number of aromatic nitrogens is 1. The summed E-state index contributed by atoms with van der Waals surface area (Å²) in [5, 5.41) is 0. The third kappa shape index (κ3) is 2.38. The summed E-state index contributed by atoms with van der Waals surface area (Å²) < 4.78 is 17.6. The lowest BCUT2D eigenvalue weighted by Crippen LogP contribution is -2.39. The van der Waals surface area contributed by atoms with Crippen molar-refractivity contribution in [2.75, 3.05) is 31.3 Å². The first-order valence-electron chi connectivity index (χ1n) is 7.95. The molecule has 1 aromatic rings. The zero-order valence-electron chi connectivity index (χ0n) is 12.5. The van der Waals surface area contributed by atoms with Gasteiger partial charge >= 0.3 is 0 Å². The molecule has 2 saturated heterocycles. The fraction of sp³-hybridized carbons (Fsp3) is 0.688. The normalized spacial score (nSPS) is 30.9. The van der Waals surface area contributed by atoms with E-state index in [0.29, 0.717) is 6.04 Å². The van der Waals surface area contributed by atoms with Crippen molar-refractivity contribution in [3.8, 4) is 5.75 Å².